The monoisotopic (exact) mass is 282 g/mol. The second kappa shape index (κ2) is 4.65. The number of hydrogen-bond donors (Lipinski definition) is 3. The van der Waals surface area contributed by atoms with Crippen molar-refractivity contribution >= 4 is 16.9 Å². The van der Waals surface area contributed by atoms with Crippen molar-refractivity contribution in [1.82, 2.24) is 14.5 Å². The summed E-state index contributed by atoms with van der Waals surface area (Å²) in [7, 11) is 0. The van der Waals surface area contributed by atoms with Crippen LogP contribution in [-0.2, 0) is 4.74 Å². The van der Waals surface area contributed by atoms with E-state index in [4.69, 9.17) is 10.5 Å². The Balaban J connectivity index is 2.02. The number of anilines is 1. The standard InChI is InChI=1S/C12H15FN4O3/c13-7-3-17(11-9(7)10(14)15-6-16-11)8-1-2-12(4-18,5-19)20-8/h3,6,8,18-19H,1-2,4-5H2,(H2,14,15,16). The first-order valence-corrected chi connectivity index (χ1v) is 6.26. The quantitative estimate of drug-likeness (QED) is 0.741. The molecule has 0 amide bonds. The number of hydrogen-bond acceptors (Lipinski definition) is 6. The topological polar surface area (TPSA) is 106 Å². The lowest BCUT2D eigenvalue weighted by Gasteiger charge is -2.25. The average Bonchev–Trinajstić information content (AvgIpc) is 3.02. The number of aromatic nitrogens is 3. The van der Waals surface area contributed by atoms with Gasteiger partial charge in [0.2, 0.25) is 0 Å². The number of rotatable bonds is 3. The van der Waals surface area contributed by atoms with Crippen LogP contribution in [0.2, 0.25) is 0 Å². The van der Waals surface area contributed by atoms with Crippen molar-refractivity contribution in [2.24, 2.45) is 0 Å². The maximum Gasteiger partial charge on any atom is 0.154 e. The van der Waals surface area contributed by atoms with Crippen molar-refractivity contribution in [3.05, 3.63) is 18.3 Å². The van der Waals surface area contributed by atoms with E-state index in [1.807, 2.05) is 0 Å². The molecular weight excluding hydrogens is 267 g/mol. The van der Waals surface area contributed by atoms with E-state index < -0.39 is 17.6 Å². The Bertz CT molecular complexity index is 641. The third kappa shape index (κ3) is 1.84. The van der Waals surface area contributed by atoms with Crippen molar-refractivity contribution < 1.29 is 19.3 Å². The van der Waals surface area contributed by atoms with Crippen molar-refractivity contribution in [3.8, 4) is 0 Å². The van der Waals surface area contributed by atoms with Crippen LogP contribution in [0.15, 0.2) is 12.5 Å². The number of aliphatic hydroxyl groups is 2. The summed E-state index contributed by atoms with van der Waals surface area (Å²) in [6.45, 7) is -0.586. The smallest absolute Gasteiger partial charge is 0.154 e. The van der Waals surface area contributed by atoms with E-state index in [0.717, 1.165) is 0 Å². The predicted octanol–water partition coefficient (Wildman–Crippen LogP) is 0.185. The summed E-state index contributed by atoms with van der Waals surface area (Å²) in [6, 6.07) is 0. The summed E-state index contributed by atoms with van der Waals surface area (Å²) in [5.74, 6) is -0.452. The summed E-state index contributed by atoms with van der Waals surface area (Å²) < 4.78 is 21.2. The van der Waals surface area contributed by atoms with E-state index in [9.17, 15) is 14.6 Å². The fourth-order valence-electron chi connectivity index (χ4n) is 2.55. The largest absolute Gasteiger partial charge is 0.393 e. The van der Waals surface area contributed by atoms with E-state index in [1.165, 1.54) is 17.1 Å². The molecule has 4 N–H and O–H groups in total. The van der Waals surface area contributed by atoms with Gasteiger partial charge in [0.05, 0.1) is 18.6 Å². The maximum absolute atomic E-state index is 13.9. The Kier molecular flexibility index (Phi) is 3.08. The van der Waals surface area contributed by atoms with Crippen molar-refractivity contribution in [3.63, 3.8) is 0 Å². The minimum Gasteiger partial charge on any atom is -0.393 e. The minimum atomic E-state index is -0.990. The second-order valence-electron chi connectivity index (χ2n) is 4.95. The first-order chi connectivity index (χ1) is 9.60. The number of aliphatic hydroxyl groups excluding tert-OH is 2. The minimum absolute atomic E-state index is 0.0693. The van der Waals surface area contributed by atoms with Crippen LogP contribution in [0.25, 0.3) is 11.0 Å². The summed E-state index contributed by atoms with van der Waals surface area (Å²) in [5.41, 5.74) is 5.00. The lowest BCUT2D eigenvalue weighted by Crippen LogP contribution is -2.37. The molecule has 3 heterocycles. The second-order valence-corrected chi connectivity index (χ2v) is 4.95. The molecule has 3 rings (SSSR count). The summed E-state index contributed by atoms with van der Waals surface area (Å²) in [6.07, 6.45) is 3.02. The number of nitrogen functional groups attached to an aromatic ring is 1. The van der Waals surface area contributed by atoms with Gasteiger partial charge in [0.1, 0.15) is 24.0 Å². The molecule has 1 aliphatic heterocycles. The first-order valence-electron chi connectivity index (χ1n) is 6.26. The van der Waals surface area contributed by atoms with Crippen molar-refractivity contribution in [2.75, 3.05) is 18.9 Å². The molecule has 0 aliphatic carbocycles. The molecule has 1 aliphatic rings. The lowest BCUT2D eigenvalue weighted by molar-refractivity contribution is -0.120. The molecule has 0 spiro atoms. The maximum atomic E-state index is 13.9. The normalized spacial score (nSPS) is 21.6. The molecule has 1 saturated heterocycles. The van der Waals surface area contributed by atoms with Crippen LogP contribution in [0.1, 0.15) is 19.1 Å². The van der Waals surface area contributed by atoms with Crippen LogP contribution in [0, 0.1) is 5.82 Å². The third-order valence-electron chi connectivity index (χ3n) is 3.71. The van der Waals surface area contributed by atoms with Gasteiger partial charge in [-0.05, 0) is 12.8 Å². The Morgan fingerprint density at radius 2 is 2.20 bits per heavy atom. The van der Waals surface area contributed by atoms with Gasteiger partial charge in [-0.3, -0.25) is 0 Å². The van der Waals surface area contributed by atoms with Crippen LogP contribution in [0.3, 0.4) is 0 Å². The molecule has 0 saturated carbocycles. The van der Waals surface area contributed by atoms with Gasteiger partial charge in [-0.2, -0.15) is 0 Å². The molecule has 2 aromatic heterocycles. The Hall–Kier alpha value is -1.77. The zero-order valence-corrected chi connectivity index (χ0v) is 10.7. The Morgan fingerprint density at radius 1 is 1.45 bits per heavy atom. The highest BCUT2D eigenvalue weighted by Crippen LogP contribution is 2.38. The summed E-state index contributed by atoms with van der Waals surface area (Å²) >= 11 is 0. The molecule has 0 radical (unpaired) electrons. The zero-order valence-electron chi connectivity index (χ0n) is 10.7. The van der Waals surface area contributed by atoms with E-state index in [2.05, 4.69) is 9.97 Å². The van der Waals surface area contributed by atoms with Crippen LogP contribution in [0.5, 0.6) is 0 Å². The number of nitrogens with two attached hydrogens (primary N) is 1. The predicted molar refractivity (Wildman–Crippen MR) is 68.2 cm³/mol. The van der Waals surface area contributed by atoms with Gasteiger partial charge < -0.3 is 25.3 Å². The molecule has 8 heteroatoms. The summed E-state index contributed by atoms with van der Waals surface area (Å²) in [5, 5.41) is 18.8. The van der Waals surface area contributed by atoms with Crippen LogP contribution in [0.4, 0.5) is 10.2 Å². The molecule has 2 aromatic rings. The van der Waals surface area contributed by atoms with Crippen molar-refractivity contribution in [1.29, 1.82) is 0 Å². The van der Waals surface area contributed by atoms with E-state index >= 15 is 0 Å². The van der Waals surface area contributed by atoms with E-state index in [0.29, 0.717) is 18.5 Å². The van der Waals surface area contributed by atoms with Gasteiger partial charge in [-0.25, -0.2) is 14.4 Å². The Morgan fingerprint density at radius 3 is 2.85 bits per heavy atom. The lowest BCUT2D eigenvalue weighted by atomic mass is 10.0. The highest BCUT2D eigenvalue weighted by atomic mass is 19.1. The molecule has 0 aromatic carbocycles. The highest BCUT2D eigenvalue weighted by molar-refractivity contribution is 5.86. The van der Waals surface area contributed by atoms with Gasteiger partial charge >= 0.3 is 0 Å². The number of ether oxygens (including phenoxy) is 1. The molecular formula is C12H15FN4O3. The van der Waals surface area contributed by atoms with Crippen LogP contribution in [-0.4, -0.2) is 43.6 Å². The molecule has 1 fully saturated rings. The van der Waals surface area contributed by atoms with Crippen LogP contribution < -0.4 is 5.73 Å². The summed E-state index contributed by atoms with van der Waals surface area (Å²) in [4.78, 5) is 7.80. The number of fused-ring (bicyclic) bond motifs is 1. The zero-order chi connectivity index (χ0) is 14.3. The van der Waals surface area contributed by atoms with Gasteiger partial charge in [0.25, 0.3) is 0 Å². The number of nitrogens with zero attached hydrogens (tertiary/aromatic N) is 3. The van der Waals surface area contributed by atoms with Gasteiger partial charge in [-0.1, -0.05) is 0 Å². The fourth-order valence-corrected chi connectivity index (χ4v) is 2.55. The number of halogens is 1. The molecule has 108 valence electrons. The van der Waals surface area contributed by atoms with Crippen LogP contribution >= 0.6 is 0 Å². The first kappa shape index (κ1) is 13.2. The fraction of sp³-hybridized carbons (Fsp3) is 0.500. The average molecular weight is 282 g/mol. The molecule has 7 nitrogen and oxygen atoms in total. The van der Waals surface area contributed by atoms with Gasteiger partial charge in [0, 0.05) is 6.20 Å². The molecule has 0 bridgehead atoms. The molecule has 1 unspecified atom stereocenters. The van der Waals surface area contributed by atoms with Crippen molar-refractivity contribution in [2.45, 2.75) is 24.7 Å². The highest BCUT2D eigenvalue weighted by Gasteiger charge is 2.40. The SMILES string of the molecule is Nc1ncnc2c1c(F)cn2C1CCC(CO)(CO)O1. The van der Waals surface area contributed by atoms with Gasteiger partial charge in [0.15, 0.2) is 11.5 Å². The third-order valence-corrected chi connectivity index (χ3v) is 3.71. The Labute approximate surface area is 113 Å². The van der Waals surface area contributed by atoms with Gasteiger partial charge in [-0.15, -0.1) is 0 Å². The molecule has 1 atom stereocenters. The molecule has 20 heavy (non-hydrogen) atoms. The van der Waals surface area contributed by atoms with E-state index in [-0.39, 0.29) is 24.4 Å². The van der Waals surface area contributed by atoms with E-state index in [1.54, 1.807) is 0 Å².